The standard InChI is InChI=1S/C13H17N3O3/c1-9(13(18)19)12(17)15-10-5-7-16(8-10)11-4-2-3-6-14-11/h2-4,6,9-10H,5,7-8H2,1H3,(H,15,17)(H,18,19). The Morgan fingerprint density at radius 1 is 1.53 bits per heavy atom. The summed E-state index contributed by atoms with van der Waals surface area (Å²) in [5.41, 5.74) is 0. The number of carbonyl (C=O) groups is 2. The van der Waals surface area contributed by atoms with E-state index in [1.54, 1.807) is 6.20 Å². The molecular weight excluding hydrogens is 246 g/mol. The molecule has 0 aliphatic carbocycles. The van der Waals surface area contributed by atoms with Gasteiger partial charge in [-0.3, -0.25) is 9.59 Å². The predicted octanol–water partition coefficient (Wildman–Crippen LogP) is 0.497. The molecule has 6 heteroatoms. The van der Waals surface area contributed by atoms with Crippen LogP contribution in [-0.4, -0.2) is 41.1 Å². The second kappa shape index (κ2) is 5.69. The molecule has 1 aliphatic rings. The predicted molar refractivity (Wildman–Crippen MR) is 69.8 cm³/mol. The number of amides is 1. The van der Waals surface area contributed by atoms with Gasteiger partial charge in [0, 0.05) is 25.3 Å². The van der Waals surface area contributed by atoms with Gasteiger partial charge in [-0.2, -0.15) is 0 Å². The van der Waals surface area contributed by atoms with E-state index in [0.717, 1.165) is 18.8 Å². The zero-order valence-corrected chi connectivity index (χ0v) is 10.7. The lowest BCUT2D eigenvalue weighted by Gasteiger charge is -2.18. The first-order chi connectivity index (χ1) is 9.08. The average molecular weight is 263 g/mol. The van der Waals surface area contributed by atoms with Crippen LogP contribution in [-0.2, 0) is 9.59 Å². The summed E-state index contributed by atoms with van der Waals surface area (Å²) in [5.74, 6) is -1.66. The monoisotopic (exact) mass is 263 g/mol. The molecule has 2 rings (SSSR count). The van der Waals surface area contributed by atoms with Crippen LogP contribution in [0.15, 0.2) is 24.4 Å². The summed E-state index contributed by atoms with van der Waals surface area (Å²) in [6.07, 6.45) is 2.53. The maximum absolute atomic E-state index is 11.7. The van der Waals surface area contributed by atoms with E-state index >= 15 is 0 Å². The van der Waals surface area contributed by atoms with Gasteiger partial charge in [0.1, 0.15) is 11.7 Å². The number of pyridine rings is 1. The van der Waals surface area contributed by atoms with Gasteiger partial charge in [-0.05, 0) is 25.5 Å². The fourth-order valence-corrected chi connectivity index (χ4v) is 2.07. The molecule has 19 heavy (non-hydrogen) atoms. The molecule has 1 amide bonds. The Bertz CT molecular complexity index is 463. The molecule has 2 heterocycles. The van der Waals surface area contributed by atoms with Crippen molar-refractivity contribution in [1.82, 2.24) is 10.3 Å². The number of carboxylic acid groups (broad SMARTS) is 1. The van der Waals surface area contributed by atoms with Crippen LogP contribution in [0.2, 0.25) is 0 Å². The minimum Gasteiger partial charge on any atom is -0.481 e. The molecule has 0 saturated carbocycles. The fourth-order valence-electron chi connectivity index (χ4n) is 2.07. The van der Waals surface area contributed by atoms with Crippen molar-refractivity contribution >= 4 is 17.7 Å². The number of nitrogens with one attached hydrogen (secondary N) is 1. The van der Waals surface area contributed by atoms with Crippen molar-refractivity contribution in [2.45, 2.75) is 19.4 Å². The Kier molecular flexibility index (Phi) is 3.99. The van der Waals surface area contributed by atoms with Crippen LogP contribution in [0, 0.1) is 5.92 Å². The second-order valence-electron chi connectivity index (χ2n) is 4.69. The maximum atomic E-state index is 11.7. The van der Waals surface area contributed by atoms with Crippen LogP contribution >= 0.6 is 0 Å². The van der Waals surface area contributed by atoms with Gasteiger partial charge in [0.2, 0.25) is 5.91 Å². The molecule has 2 atom stereocenters. The third-order valence-electron chi connectivity index (χ3n) is 3.27. The van der Waals surface area contributed by atoms with Crippen LogP contribution in [0.4, 0.5) is 5.82 Å². The smallest absolute Gasteiger partial charge is 0.315 e. The van der Waals surface area contributed by atoms with Crippen LogP contribution in [0.3, 0.4) is 0 Å². The summed E-state index contributed by atoms with van der Waals surface area (Å²) in [7, 11) is 0. The van der Waals surface area contributed by atoms with Crippen LogP contribution in [0.5, 0.6) is 0 Å². The van der Waals surface area contributed by atoms with E-state index in [2.05, 4.69) is 15.2 Å². The summed E-state index contributed by atoms with van der Waals surface area (Å²) in [5, 5.41) is 11.5. The van der Waals surface area contributed by atoms with E-state index < -0.39 is 17.8 Å². The molecule has 1 saturated heterocycles. The van der Waals surface area contributed by atoms with E-state index in [-0.39, 0.29) is 6.04 Å². The van der Waals surface area contributed by atoms with Crippen molar-refractivity contribution in [2.75, 3.05) is 18.0 Å². The number of aromatic nitrogens is 1. The molecular formula is C13H17N3O3. The molecule has 0 aromatic carbocycles. The number of rotatable bonds is 4. The van der Waals surface area contributed by atoms with Crippen LogP contribution in [0.25, 0.3) is 0 Å². The number of hydrogen-bond acceptors (Lipinski definition) is 4. The molecule has 1 fully saturated rings. The van der Waals surface area contributed by atoms with Gasteiger partial charge in [-0.25, -0.2) is 4.98 Å². The van der Waals surface area contributed by atoms with Gasteiger partial charge in [0.15, 0.2) is 0 Å². The van der Waals surface area contributed by atoms with Gasteiger partial charge in [0.05, 0.1) is 0 Å². The highest BCUT2D eigenvalue weighted by molar-refractivity contribution is 5.96. The van der Waals surface area contributed by atoms with E-state index in [9.17, 15) is 9.59 Å². The highest BCUT2D eigenvalue weighted by Gasteiger charge is 2.28. The second-order valence-corrected chi connectivity index (χ2v) is 4.69. The first-order valence-corrected chi connectivity index (χ1v) is 6.27. The minimum absolute atomic E-state index is 0.0173. The Labute approximate surface area is 111 Å². The topological polar surface area (TPSA) is 82.5 Å². The SMILES string of the molecule is CC(C(=O)O)C(=O)NC1CCN(c2ccccn2)C1. The Balaban J connectivity index is 1.89. The third kappa shape index (κ3) is 3.21. The number of nitrogens with zero attached hydrogens (tertiary/aromatic N) is 2. The minimum atomic E-state index is -1.10. The first-order valence-electron chi connectivity index (χ1n) is 6.27. The average Bonchev–Trinajstić information content (AvgIpc) is 2.87. The van der Waals surface area contributed by atoms with E-state index in [1.165, 1.54) is 6.92 Å². The van der Waals surface area contributed by atoms with Gasteiger partial charge >= 0.3 is 5.97 Å². The van der Waals surface area contributed by atoms with Gasteiger partial charge in [-0.1, -0.05) is 6.07 Å². The molecule has 6 nitrogen and oxygen atoms in total. The largest absolute Gasteiger partial charge is 0.481 e. The normalized spacial score (nSPS) is 20.1. The molecule has 1 aromatic rings. The molecule has 2 N–H and O–H groups in total. The van der Waals surface area contributed by atoms with Crippen molar-refractivity contribution in [3.8, 4) is 0 Å². The third-order valence-corrected chi connectivity index (χ3v) is 3.27. The van der Waals surface area contributed by atoms with Crippen molar-refractivity contribution in [1.29, 1.82) is 0 Å². The molecule has 0 bridgehead atoms. The summed E-state index contributed by atoms with van der Waals surface area (Å²) in [4.78, 5) is 28.7. The first kappa shape index (κ1) is 13.3. The van der Waals surface area contributed by atoms with Crippen molar-refractivity contribution in [3.05, 3.63) is 24.4 Å². The molecule has 2 unspecified atom stereocenters. The van der Waals surface area contributed by atoms with Crippen LogP contribution < -0.4 is 10.2 Å². The molecule has 1 aromatic heterocycles. The summed E-state index contributed by atoms with van der Waals surface area (Å²) in [6.45, 7) is 2.86. The van der Waals surface area contributed by atoms with Crippen molar-refractivity contribution < 1.29 is 14.7 Å². The van der Waals surface area contributed by atoms with Crippen LogP contribution in [0.1, 0.15) is 13.3 Å². The Morgan fingerprint density at radius 2 is 2.32 bits per heavy atom. The van der Waals surface area contributed by atoms with Crippen molar-refractivity contribution in [3.63, 3.8) is 0 Å². The number of aliphatic carboxylic acids is 1. The fraction of sp³-hybridized carbons (Fsp3) is 0.462. The van der Waals surface area contributed by atoms with E-state index in [0.29, 0.717) is 6.54 Å². The highest BCUT2D eigenvalue weighted by atomic mass is 16.4. The van der Waals surface area contributed by atoms with Crippen molar-refractivity contribution in [2.24, 2.45) is 5.92 Å². The van der Waals surface area contributed by atoms with Gasteiger partial charge < -0.3 is 15.3 Å². The van der Waals surface area contributed by atoms with E-state index in [4.69, 9.17) is 5.11 Å². The lowest BCUT2D eigenvalue weighted by molar-refractivity contribution is -0.146. The lowest BCUT2D eigenvalue weighted by atomic mass is 10.1. The molecule has 0 spiro atoms. The lowest BCUT2D eigenvalue weighted by Crippen LogP contribution is -2.42. The Morgan fingerprint density at radius 3 is 2.95 bits per heavy atom. The highest BCUT2D eigenvalue weighted by Crippen LogP contribution is 2.17. The number of carboxylic acids is 1. The maximum Gasteiger partial charge on any atom is 0.315 e. The summed E-state index contributed by atoms with van der Waals surface area (Å²) >= 11 is 0. The molecule has 0 radical (unpaired) electrons. The summed E-state index contributed by atoms with van der Waals surface area (Å²) in [6, 6.07) is 5.68. The number of anilines is 1. The quantitative estimate of drug-likeness (QED) is 0.773. The van der Waals surface area contributed by atoms with Gasteiger partial charge in [-0.15, -0.1) is 0 Å². The molecule has 1 aliphatic heterocycles. The number of carbonyl (C=O) groups excluding carboxylic acids is 1. The zero-order chi connectivity index (χ0) is 13.8. The van der Waals surface area contributed by atoms with E-state index in [1.807, 2.05) is 18.2 Å². The molecule has 102 valence electrons. The summed E-state index contributed by atoms with van der Waals surface area (Å²) < 4.78 is 0. The number of hydrogen-bond donors (Lipinski definition) is 2. The zero-order valence-electron chi connectivity index (χ0n) is 10.7. The Hall–Kier alpha value is -2.11. The van der Waals surface area contributed by atoms with Gasteiger partial charge in [0.25, 0.3) is 0 Å².